The molecule has 1 fully saturated rings. The fourth-order valence-electron chi connectivity index (χ4n) is 2.71. The van der Waals surface area contributed by atoms with Crippen LogP contribution in [0.15, 0.2) is 17.6 Å². The standard InChI is InChI=1S/C15H17N5S/c1-11-9-14(13(10-16)12(2)18-11)19-4-6-20(7-5-19)15-17-3-8-21-15/h3,8-9H,4-7H2,1-2H3. The zero-order chi connectivity index (χ0) is 14.8. The number of pyridine rings is 1. The molecule has 0 aliphatic carbocycles. The van der Waals surface area contributed by atoms with E-state index in [9.17, 15) is 5.26 Å². The molecule has 2 aromatic rings. The number of hydrogen-bond donors (Lipinski definition) is 0. The van der Waals surface area contributed by atoms with Gasteiger partial charge >= 0.3 is 0 Å². The summed E-state index contributed by atoms with van der Waals surface area (Å²) in [4.78, 5) is 13.3. The van der Waals surface area contributed by atoms with Crippen molar-refractivity contribution in [2.45, 2.75) is 13.8 Å². The van der Waals surface area contributed by atoms with Gasteiger partial charge in [-0.25, -0.2) is 4.98 Å². The van der Waals surface area contributed by atoms with E-state index in [1.165, 1.54) is 0 Å². The summed E-state index contributed by atoms with van der Waals surface area (Å²) >= 11 is 1.67. The van der Waals surface area contributed by atoms with Gasteiger partial charge in [0.15, 0.2) is 5.13 Å². The van der Waals surface area contributed by atoms with Crippen LogP contribution in [0.1, 0.15) is 17.0 Å². The minimum Gasteiger partial charge on any atom is -0.367 e. The molecule has 0 amide bonds. The van der Waals surface area contributed by atoms with Crippen molar-refractivity contribution in [3.8, 4) is 6.07 Å². The van der Waals surface area contributed by atoms with Crippen LogP contribution in [-0.4, -0.2) is 36.1 Å². The van der Waals surface area contributed by atoms with Gasteiger partial charge in [-0.2, -0.15) is 5.26 Å². The van der Waals surface area contributed by atoms with Crippen molar-refractivity contribution in [3.05, 3.63) is 34.6 Å². The van der Waals surface area contributed by atoms with E-state index in [0.717, 1.165) is 48.4 Å². The highest BCUT2D eigenvalue weighted by Crippen LogP contribution is 2.26. The maximum atomic E-state index is 9.39. The molecular formula is C15H17N5S. The monoisotopic (exact) mass is 299 g/mol. The van der Waals surface area contributed by atoms with Gasteiger partial charge in [0.05, 0.1) is 16.9 Å². The highest BCUT2D eigenvalue weighted by molar-refractivity contribution is 7.13. The second-order valence-electron chi connectivity index (χ2n) is 5.14. The molecule has 0 spiro atoms. The molecule has 0 bridgehead atoms. The van der Waals surface area contributed by atoms with Crippen LogP contribution >= 0.6 is 11.3 Å². The smallest absolute Gasteiger partial charge is 0.185 e. The van der Waals surface area contributed by atoms with Crippen LogP contribution in [0, 0.1) is 25.2 Å². The lowest BCUT2D eigenvalue weighted by atomic mass is 10.1. The lowest BCUT2D eigenvalue weighted by Gasteiger charge is -2.36. The molecule has 108 valence electrons. The van der Waals surface area contributed by atoms with Gasteiger partial charge in [-0.15, -0.1) is 11.3 Å². The first-order chi connectivity index (χ1) is 10.2. The average Bonchev–Trinajstić information content (AvgIpc) is 3.01. The second-order valence-corrected chi connectivity index (χ2v) is 6.02. The number of anilines is 2. The minimum atomic E-state index is 0.697. The van der Waals surface area contributed by atoms with Crippen molar-refractivity contribution >= 4 is 22.2 Å². The van der Waals surface area contributed by atoms with Gasteiger partial charge in [-0.05, 0) is 19.9 Å². The Hall–Kier alpha value is -2.13. The van der Waals surface area contributed by atoms with Crippen LogP contribution in [0.3, 0.4) is 0 Å². The number of nitrogens with zero attached hydrogens (tertiary/aromatic N) is 5. The molecule has 6 heteroatoms. The lowest BCUT2D eigenvalue weighted by molar-refractivity contribution is 0.651. The van der Waals surface area contributed by atoms with Crippen LogP contribution in [-0.2, 0) is 0 Å². The molecule has 21 heavy (non-hydrogen) atoms. The second kappa shape index (κ2) is 5.70. The van der Waals surface area contributed by atoms with Gasteiger partial charge in [0.2, 0.25) is 0 Å². The molecular weight excluding hydrogens is 282 g/mol. The third-order valence-electron chi connectivity index (χ3n) is 3.73. The Morgan fingerprint density at radius 1 is 1.19 bits per heavy atom. The van der Waals surface area contributed by atoms with Gasteiger partial charge in [-0.1, -0.05) is 0 Å². The topological polar surface area (TPSA) is 56.0 Å². The zero-order valence-electron chi connectivity index (χ0n) is 12.2. The van der Waals surface area contributed by atoms with E-state index < -0.39 is 0 Å². The predicted octanol–water partition coefficient (Wildman–Crippen LogP) is 2.35. The Labute approximate surface area is 128 Å². The summed E-state index contributed by atoms with van der Waals surface area (Å²) in [6.07, 6.45) is 1.84. The molecule has 2 aromatic heterocycles. The lowest BCUT2D eigenvalue weighted by Crippen LogP contribution is -2.46. The summed E-state index contributed by atoms with van der Waals surface area (Å²) in [5, 5.41) is 12.5. The minimum absolute atomic E-state index is 0.697. The number of nitriles is 1. The highest BCUT2D eigenvalue weighted by Gasteiger charge is 2.22. The van der Waals surface area contributed by atoms with Gasteiger partial charge in [0.25, 0.3) is 0 Å². The number of hydrogen-bond acceptors (Lipinski definition) is 6. The third kappa shape index (κ3) is 2.69. The molecule has 0 atom stereocenters. The van der Waals surface area contributed by atoms with Gasteiger partial charge < -0.3 is 9.80 Å². The van der Waals surface area contributed by atoms with E-state index in [0.29, 0.717) is 5.56 Å². The fourth-order valence-corrected chi connectivity index (χ4v) is 3.40. The van der Waals surface area contributed by atoms with E-state index >= 15 is 0 Å². The van der Waals surface area contributed by atoms with Crippen molar-refractivity contribution in [1.82, 2.24) is 9.97 Å². The number of piperazine rings is 1. The number of thiazole rings is 1. The molecule has 3 heterocycles. The zero-order valence-corrected chi connectivity index (χ0v) is 13.0. The summed E-state index contributed by atoms with van der Waals surface area (Å²) in [6.45, 7) is 7.54. The van der Waals surface area contributed by atoms with E-state index in [1.807, 2.05) is 31.5 Å². The molecule has 0 unspecified atom stereocenters. The van der Waals surface area contributed by atoms with Crippen molar-refractivity contribution in [3.63, 3.8) is 0 Å². The van der Waals surface area contributed by atoms with Gasteiger partial charge in [0.1, 0.15) is 6.07 Å². The van der Waals surface area contributed by atoms with Gasteiger partial charge in [-0.3, -0.25) is 4.98 Å². The summed E-state index contributed by atoms with van der Waals surface area (Å²) in [7, 11) is 0. The molecule has 1 aliphatic rings. The molecule has 3 rings (SSSR count). The maximum Gasteiger partial charge on any atom is 0.185 e. The molecule has 1 saturated heterocycles. The van der Waals surface area contributed by atoms with E-state index in [2.05, 4.69) is 25.8 Å². The molecule has 0 aromatic carbocycles. The van der Waals surface area contributed by atoms with Crippen molar-refractivity contribution in [2.24, 2.45) is 0 Å². The SMILES string of the molecule is Cc1cc(N2CCN(c3nccs3)CC2)c(C#N)c(C)n1. The van der Waals surface area contributed by atoms with Crippen molar-refractivity contribution in [2.75, 3.05) is 36.0 Å². The van der Waals surface area contributed by atoms with Crippen LogP contribution in [0.25, 0.3) is 0 Å². The Bertz CT molecular complexity index is 666. The highest BCUT2D eigenvalue weighted by atomic mass is 32.1. The Kier molecular flexibility index (Phi) is 3.76. The van der Waals surface area contributed by atoms with E-state index in [4.69, 9.17) is 0 Å². The number of aryl methyl sites for hydroxylation is 2. The summed E-state index contributed by atoms with van der Waals surface area (Å²) in [5.41, 5.74) is 3.49. The van der Waals surface area contributed by atoms with Crippen LogP contribution < -0.4 is 9.80 Å². The first kappa shape index (κ1) is 13.8. The van der Waals surface area contributed by atoms with Crippen molar-refractivity contribution < 1.29 is 0 Å². The Morgan fingerprint density at radius 3 is 2.52 bits per heavy atom. The summed E-state index contributed by atoms with van der Waals surface area (Å²) in [5.74, 6) is 0. The normalized spacial score (nSPS) is 15.1. The molecule has 0 N–H and O–H groups in total. The van der Waals surface area contributed by atoms with E-state index in [-0.39, 0.29) is 0 Å². The first-order valence-electron chi connectivity index (χ1n) is 6.97. The van der Waals surface area contributed by atoms with Crippen LogP contribution in [0.2, 0.25) is 0 Å². The predicted molar refractivity (Wildman–Crippen MR) is 85.0 cm³/mol. The number of aromatic nitrogens is 2. The largest absolute Gasteiger partial charge is 0.367 e. The molecule has 0 saturated carbocycles. The van der Waals surface area contributed by atoms with Crippen LogP contribution in [0.4, 0.5) is 10.8 Å². The molecule has 1 aliphatic heterocycles. The number of rotatable bonds is 2. The maximum absolute atomic E-state index is 9.39. The third-order valence-corrected chi connectivity index (χ3v) is 4.56. The molecule has 0 radical (unpaired) electrons. The Balaban J connectivity index is 1.80. The van der Waals surface area contributed by atoms with E-state index in [1.54, 1.807) is 11.3 Å². The quantitative estimate of drug-likeness (QED) is 0.852. The summed E-state index contributed by atoms with van der Waals surface area (Å²) in [6, 6.07) is 4.32. The fraction of sp³-hybridized carbons (Fsp3) is 0.400. The average molecular weight is 299 g/mol. The van der Waals surface area contributed by atoms with Gasteiger partial charge in [0, 0.05) is 43.4 Å². The molecule has 5 nitrogen and oxygen atoms in total. The summed E-state index contributed by atoms with van der Waals surface area (Å²) < 4.78 is 0. The first-order valence-corrected chi connectivity index (χ1v) is 7.84. The van der Waals surface area contributed by atoms with Crippen LogP contribution in [0.5, 0.6) is 0 Å². The Morgan fingerprint density at radius 2 is 1.90 bits per heavy atom. The van der Waals surface area contributed by atoms with Crippen molar-refractivity contribution in [1.29, 1.82) is 5.26 Å².